The van der Waals surface area contributed by atoms with Crippen LogP contribution in [0.5, 0.6) is 0 Å². The van der Waals surface area contributed by atoms with E-state index >= 15 is 0 Å². The molecule has 196 valence electrons. The minimum Gasteiger partial charge on any atom is -0.319 e. The zero-order chi connectivity index (χ0) is 27.6. The first-order valence-corrected chi connectivity index (χ1v) is 11.7. The number of halogens is 5. The van der Waals surface area contributed by atoms with Crippen LogP contribution in [0.4, 0.5) is 29.1 Å². The fraction of sp³-hybridized carbons (Fsp3) is 0.148. The molecule has 0 saturated heterocycles. The number of nitrogens with one attached hydrogen (secondary N) is 1. The number of likely N-dealkylation sites (N-methyl/N-ethyl adjacent to an activating group) is 1. The summed E-state index contributed by atoms with van der Waals surface area (Å²) < 4.78 is 56.2. The summed E-state index contributed by atoms with van der Waals surface area (Å²) in [5.41, 5.74) is -0.439. The number of amides is 2. The molecule has 0 aliphatic carbocycles. The van der Waals surface area contributed by atoms with Gasteiger partial charge in [0.1, 0.15) is 11.6 Å². The number of anilines is 2. The van der Waals surface area contributed by atoms with Crippen molar-refractivity contribution in [3.8, 4) is 5.69 Å². The average Bonchev–Trinajstić information content (AvgIpc) is 3.35. The Labute approximate surface area is 220 Å². The lowest BCUT2D eigenvalue weighted by Crippen LogP contribution is -2.32. The smallest absolute Gasteiger partial charge is 0.319 e. The maximum absolute atomic E-state index is 14.8. The zero-order valence-corrected chi connectivity index (χ0v) is 20.9. The molecule has 0 aliphatic heterocycles. The molecule has 3 aromatic carbocycles. The van der Waals surface area contributed by atoms with Crippen molar-refractivity contribution >= 4 is 34.9 Å². The number of hydrogen-bond donors (Lipinski definition) is 1. The van der Waals surface area contributed by atoms with Crippen LogP contribution in [0.2, 0.25) is 5.02 Å². The molecule has 0 radical (unpaired) electrons. The molecule has 11 heteroatoms. The third-order valence-electron chi connectivity index (χ3n) is 5.86. The van der Waals surface area contributed by atoms with Gasteiger partial charge >= 0.3 is 6.18 Å². The van der Waals surface area contributed by atoms with Gasteiger partial charge in [-0.1, -0.05) is 41.9 Å². The maximum Gasteiger partial charge on any atom is 0.435 e. The van der Waals surface area contributed by atoms with E-state index in [1.165, 1.54) is 38.2 Å². The summed E-state index contributed by atoms with van der Waals surface area (Å²) in [6.45, 7) is 1.50. The van der Waals surface area contributed by atoms with Gasteiger partial charge in [0, 0.05) is 23.7 Å². The molecule has 0 aliphatic rings. The molecule has 1 heterocycles. The largest absolute Gasteiger partial charge is 0.435 e. The highest BCUT2D eigenvalue weighted by molar-refractivity contribution is 6.30. The van der Waals surface area contributed by atoms with Gasteiger partial charge in [0.25, 0.3) is 5.91 Å². The van der Waals surface area contributed by atoms with E-state index in [2.05, 4.69) is 10.4 Å². The summed E-state index contributed by atoms with van der Waals surface area (Å²) in [6, 6.07) is 18.9. The quantitative estimate of drug-likeness (QED) is 0.275. The van der Waals surface area contributed by atoms with Crippen molar-refractivity contribution in [2.45, 2.75) is 19.0 Å². The van der Waals surface area contributed by atoms with Crippen molar-refractivity contribution in [3.05, 3.63) is 107 Å². The van der Waals surface area contributed by atoms with E-state index in [9.17, 15) is 27.2 Å². The number of carbonyl (C=O) groups is 2. The number of alkyl halides is 3. The lowest BCUT2D eigenvalue weighted by atomic mass is 9.99. The Balaban J connectivity index is 1.60. The van der Waals surface area contributed by atoms with Crippen molar-refractivity contribution < 1.29 is 27.2 Å². The Morgan fingerprint density at radius 2 is 1.71 bits per heavy atom. The molecule has 0 fully saturated rings. The second-order valence-corrected chi connectivity index (χ2v) is 8.89. The van der Waals surface area contributed by atoms with E-state index in [0.717, 1.165) is 21.7 Å². The predicted molar refractivity (Wildman–Crippen MR) is 136 cm³/mol. The van der Waals surface area contributed by atoms with Crippen molar-refractivity contribution in [1.82, 2.24) is 9.78 Å². The SMILES string of the molecule is CC(C(=O)N(C)c1cc(C(F)(F)F)nn1-c1cccc(Cl)c1)c1ccc(NC(=O)c2ccccc2)c(F)c1. The first-order valence-electron chi connectivity index (χ1n) is 11.3. The summed E-state index contributed by atoms with van der Waals surface area (Å²) in [7, 11) is 1.31. The maximum atomic E-state index is 14.8. The molecule has 2 amide bonds. The lowest BCUT2D eigenvalue weighted by molar-refractivity contribution is -0.141. The molecule has 4 rings (SSSR count). The topological polar surface area (TPSA) is 67.2 Å². The molecular weight excluding hydrogens is 524 g/mol. The Morgan fingerprint density at radius 3 is 2.34 bits per heavy atom. The van der Waals surface area contributed by atoms with Gasteiger partial charge in [-0.05, 0) is 55.0 Å². The molecule has 0 bridgehead atoms. The monoisotopic (exact) mass is 544 g/mol. The molecule has 1 N–H and O–H groups in total. The van der Waals surface area contributed by atoms with Crippen molar-refractivity contribution in [2.24, 2.45) is 0 Å². The van der Waals surface area contributed by atoms with Gasteiger partial charge < -0.3 is 5.32 Å². The average molecular weight is 545 g/mol. The molecule has 4 aromatic rings. The number of hydrogen-bond acceptors (Lipinski definition) is 3. The fourth-order valence-electron chi connectivity index (χ4n) is 3.78. The van der Waals surface area contributed by atoms with E-state index < -0.39 is 35.4 Å². The van der Waals surface area contributed by atoms with E-state index in [-0.39, 0.29) is 27.8 Å². The summed E-state index contributed by atoms with van der Waals surface area (Å²) in [5.74, 6) is -2.97. The molecule has 1 atom stereocenters. The van der Waals surface area contributed by atoms with Crippen LogP contribution < -0.4 is 10.2 Å². The summed E-state index contributed by atoms with van der Waals surface area (Å²) >= 11 is 6.00. The standard InChI is InChI=1S/C27H21ClF4N4O2/c1-16(18-11-12-22(21(29)13-18)33-25(37)17-7-4-3-5-8-17)26(38)35(2)24-15-23(27(30,31)32)34-36(24)20-10-6-9-19(28)14-20/h3-16H,1-2H3,(H,33,37). The first kappa shape index (κ1) is 26.9. The van der Waals surface area contributed by atoms with Gasteiger partial charge in [0.05, 0.1) is 17.3 Å². The molecule has 0 saturated carbocycles. The third-order valence-corrected chi connectivity index (χ3v) is 6.09. The second kappa shape index (κ2) is 10.7. The van der Waals surface area contributed by atoms with Gasteiger partial charge in [-0.25, -0.2) is 9.07 Å². The third kappa shape index (κ3) is 5.70. The van der Waals surface area contributed by atoms with Gasteiger partial charge in [0.2, 0.25) is 5.91 Å². The van der Waals surface area contributed by atoms with Crippen molar-refractivity contribution in [1.29, 1.82) is 0 Å². The van der Waals surface area contributed by atoms with Crippen LogP contribution in [-0.4, -0.2) is 28.6 Å². The number of benzene rings is 3. The van der Waals surface area contributed by atoms with E-state index in [1.54, 1.807) is 42.5 Å². The summed E-state index contributed by atoms with van der Waals surface area (Å²) in [6.07, 6.45) is -4.75. The molecule has 6 nitrogen and oxygen atoms in total. The van der Waals surface area contributed by atoms with Crippen LogP contribution in [0.3, 0.4) is 0 Å². The van der Waals surface area contributed by atoms with Crippen LogP contribution in [0.15, 0.2) is 78.9 Å². The van der Waals surface area contributed by atoms with E-state index in [1.807, 2.05) is 0 Å². The number of rotatable bonds is 6. The minimum atomic E-state index is -4.75. The predicted octanol–water partition coefficient (Wildman–Crippen LogP) is 6.70. The molecule has 1 unspecified atom stereocenters. The van der Waals surface area contributed by atoms with Crippen LogP contribution in [0.1, 0.15) is 34.5 Å². The van der Waals surface area contributed by atoms with E-state index in [0.29, 0.717) is 5.56 Å². The second-order valence-electron chi connectivity index (χ2n) is 8.46. The molecule has 1 aromatic heterocycles. The van der Waals surface area contributed by atoms with Crippen LogP contribution in [-0.2, 0) is 11.0 Å². The molecular formula is C27H21ClF4N4O2. The Hall–Kier alpha value is -4.18. The Kier molecular flexibility index (Phi) is 7.54. The number of carbonyl (C=O) groups excluding carboxylic acids is 2. The highest BCUT2D eigenvalue weighted by atomic mass is 35.5. The first-order chi connectivity index (χ1) is 18.0. The van der Waals surface area contributed by atoms with Crippen LogP contribution >= 0.6 is 11.6 Å². The van der Waals surface area contributed by atoms with Crippen LogP contribution in [0, 0.1) is 5.82 Å². The number of aromatic nitrogens is 2. The normalized spacial score (nSPS) is 12.2. The highest BCUT2D eigenvalue weighted by Gasteiger charge is 2.36. The van der Waals surface area contributed by atoms with Gasteiger partial charge in [-0.3, -0.25) is 14.5 Å². The van der Waals surface area contributed by atoms with E-state index in [4.69, 9.17) is 11.6 Å². The van der Waals surface area contributed by atoms with Crippen molar-refractivity contribution in [3.63, 3.8) is 0 Å². The van der Waals surface area contributed by atoms with Gasteiger partial charge in [0.15, 0.2) is 5.69 Å². The lowest BCUT2D eigenvalue weighted by Gasteiger charge is -2.22. The van der Waals surface area contributed by atoms with Crippen molar-refractivity contribution in [2.75, 3.05) is 17.3 Å². The van der Waals surface area contributed by atoms with Gasteiger partial charge in [-0.2, -0.15) is 18.3 Å². The summed E-state index contributed by atoms with van der Waals surface area (Å²) in [5, 5.41) is 6.40. The van der Waals surface area contributed by atoms with Crippen LogP contribution in [0.25, 0.3) is 5.69 Å². The Morgan fingerprint density at radius 1 is 1.00 bits per heavy atom. The Bertz CT molecular complexity index is 1490. The zero-order valence-electron chi connectivity index (χ0n) is 20.1. The molecule has 0 spiro atoms. The number of nitrogens with zero attached hydrogens (tertiary/aromatic N) is 3. The highest BCUT2D eigenvalue weighted by Crippen LogP contribution is 2.34. The molecule has 38 heavy (non-hydrogen) atoms. The minimum absolute atomic E-state index is 0.0792. The fourth-order valence-corrected chi connectivity index (χ4v) is 3.96. The van der Waals surface area contributed by atoms with Gasteiger partial charge in [-0.15, -0.1) is 0 Å². The summed E-state index contributed by atoms with van der Waals surface area (Å²) in [4.78, 5) is 26.7.